The van der Waals surface area contributed by atoms with Gasteiger partial charge in [-0.15, -0.1) is 0 Å². The van der Waals surface area contributed by atoms with E-state index in [1.54, 1.807) is 33.4 Å². The molecule has 6 nitrogen and oxygen atoms in total. The maximum atomic E-state index is 12.1. The highest BCUT2D eigenvalue weighted by Crippen LogP contribution is 2.40. The minimum Gasteiger partial charge on any atom is -0.497 e. The second-order valence-electron chi connectivity index (χ2n) is 5.16. The number of hydrogen-bond acceptors (Lipinski definition) is 4. The van der Waals surface area contributed by atoms with Crippen LogP contribution in [0.25, 0.3) is 0 Å². The summed E-state index contributed by atoms with van der Waals surface area (Å²) in [6, 6.07) is 5.39. The zero-order valence-electron chi connectivity index (χ0n) is 12.3. The first-order chi connectivity index (χ1) is 9.97. The molecule has 0 spiro atoms. The number of benzene rings is 1. The molecule has 0 saturated heterocycles. The summed E-state index contributed by atoms with van der Waals surface area (Å²) < 4.78 is 10.4. The van der Waals surface area contributed by atoms with Crippen molar-refractivity contribution in [1.29, 1.82) is 0 Å². The average Bonchev–Trinajstić information content (AvgIpc) is 3.27. The molecule has 0 heterocycles. The Morgan fingerprint density at radius 2 is 2.00 bits per heavy atom. The van der Waals surface area contributed by atoms with Crippen molar-refractivity contribution in [2.75, 3.05) is 21.3 Å². The smallest absolute Gasteiger partial charge is 0.307 e. The molecule has 1 N–H and O–H groups in total. The lowest BCUT2D eigenvalue weighted by Crippen LogP contribution is -2.29. The Bertz CT molecular complexity index is 557. The van der Waals surface area contributed by atoms with Crippen molar-refractivity contribution < 1.29 is 24.2 Å². The van der Waals surface area contributed by atoms with Crippen molar-refractivity contribution in [2.24, 2.45) is 11.8 Å². The number of nitrogens with zero attached hydrogens (tertiary/aromatic N) is 1. The molecular weight excluding hydrogens is 274 g/mol. The number of carbonyl (C=O) groups is 2. The molecule has 1 fully saturated rings. The Kier molecular flexibility index (Phi) is 4.35. The quantitative estimate of drug-likeness (QED) is 0.857. The predicted molar refractivity (Wildman–Crippen MR) is 75.3 cm³/mol. The summed E-state index contributed by atoms with van der Waals surface area (Å²) in [6.45, 7) is 0.370. The lowest BCUT2D eigenvalue weighted by molar-refractivity contribution is -0.141. The topological polar surface area (TPSA) is 76.1 Å². The highest BCUT2D eigenvalue weighted by molar-refractivity contribution is 5.89. The number of carboxylic acid groups (broad SMARTS) is 1. The molecule has 1 aromatic carbocycles. The molecule has 1 saturated carbocycles. The van der Waals surface area contributed by atoms with E-state index in [4.69, 9.17) is 14.6 Å². The van der Waals surface area contributed by atoms with E-state index in [0.717, 1.165) is 5.56 Å². The van der Waals surface area contributed by atoms with E-state index in [9.17, 15) is 9.59 Å². The van der Waals surface area contributed by atoms with Crippen LogP contribution in [0, 0.1) is 11.8 Å². The average molecular weight is 293 g/mol. The van der Waals surface area contributed by atoms with Crippen LogP contribution in [0.2, 0.25) is 0 Å². The van der Waals surface area contributed by atoms with Gasteiger partial charge in [-0.1, -0.05) is 0 Å². The molecule has 0 aliphatic heterocycles. The zero-order chi connectivity index (χ0) is 15.6. The normalized spacial score (nSPS) is 19.8. The van der Waals surface area contributed by atoms with Crippen LogP contribution in [0.15, 0.2) is 18.2 Å². The number of aliphatic carboxylic acids is 1. The number of methoxy groups -OCH3 is 2. The summed E-state index contributed by atoms with van der Waals surface area (Å²) in [5.41, 5.74) is 0.849. The van der Waals surface area contributed by atoms with Gasteiger partial charge < -0.3 is 19.5 Å². The third-order valence-electron chi connectivity index (χ3n) is 3.70. The summed E-state index contributed by atoms with van der Waals surface area (Å²) in [5.74, 6) is -0.643. The van der Waals surface area contributed by atoms with E-state index >= 15 is 0 Å². The molecule has 0 aromatic heterocycles. The van der Waals surface area contributed by atoms with Crippen molar-refractivity contribution in [3.63, 3.8) is 0 Å². The van der Waals surface area contributed by atoms with Gasteiger partial charge in [-0.2, -0.15) is 0 Å². The SMILES string of the molecule is COc1ccc(CN(C)C(=O)[C@@H]2C[C@H]2C(=O)O)c(OC)c1. The molecule has 1 aliphatic rings. The van der Waals surface area contributed by atoms with Gasteiger partial charge in [0.15, 0.2) is 0 Å². The number of hydrogen-bond donors (Lipinski definition) is 1. The van der Waals surface area contributed by atoms with Crippen LogP contribution in [-0.4, -0.2) is 43.2 Å². The maximum Gasteiger partial charge on any atom is 0.307 e. The van der Waals surface area contributed by atoms with Crippen LogP contribution in [0.3, 0.4) is 0 Å². The van der Waals surface area contributed by atoms with Gasteiger partial charge in [0, 0.05) is 25.2 Å². The predicted octanol–water partition coefficient (Wildman–Crippen LogP) is 1.38. The maximum absolute atomic E-state index is 12.1. The van der Waals surface area contributed by atoms with Crippen LogP contribution >= 0.6 is 0 Å². The van der Waals surface area contributed by atoms with Crippen LogP contribution in [0.5, 0.6) is 11.5 Å². The Morgan fingerprint density at radius 1 is 1.29 bits per heavy atom. The van der Waals surface area contributed by atoms with Gasteiger partial charge in [0.05, 0.1) is 26.1 Å². The molecule has 0 radical (unpaired) electrons. The Morgan fingerprint density at radius 3 is 2.52 bits per heavy atom. The van der Waals surface area contributed by atoms with E-state index in [2.05, 4.69) is 0 Å². The van der Waals surface area contributed by atoms with E-state index in [1.807, 2.05) is 6.07 Å². The second kappa shape index (κ2) is 6.03. The summed E-state index contributed by atoms with van der Waals surface area (Å²) in [4.78, 5) is 24.5. The molecule has 1 aromatic rings. The minimum atomic E-state index is -0.899. The number of amides is 1. The number of ether oxygens (including phenoxy) is 2. The molecule has 1 amide bonds. The van der Waals surface area contributed by atoms with Crippen molar-refractivity contribution in [1.82, 2.24) is 4.90 Å². The summed E-state index contributed by atoms with van der Waals surface area (Å²) in [7, 11) is 4.80. The summed E-state index contributed by atoms with van der Waals surface area (Å²) in [5, 5.41) is 8.88. The number of rotatable bonds is 6. The van der Waals surface area contributed by atoms with Gasteiger partial charge in [-0.3, -0.25) is 9.59 Å². The Balaban J connectivity index is 2.04. The van der Waals surface area contributed by atoms with Gasteiger partial charge in [-0.05, 0) is 18.6 Å². The van der Waals surface area contributed by atoms with Gasteiger partial charge in [0.25, 0.3) is 0 Å². The van der Waals surface area contributed by atoms with Gasteiger partial charge >= 0.3 is 5.97 Å². The van der Waals surface area contributed by atoms with Gasteiger partial charge in [0.2, 0.25) is 5.91 Å². The van der Waals surface area contributed by atoms with Crippen molar-refractivity contribution >= 4 is 11.9 Å². The van der Waals surface area contributed by atoms with E-state index < -0.39 is 17.8 Å². The van der Waals surface area contributed by atoms with Crippen molar-refractivity contribution in [2.45, 2.75) is 13.0 Å². The van der Waals surface area contributed by atoms with Gasteiger partial charge in [0.1, 0.15) is 11.5 Å². The largest absolute Gasteiger partial charge is 0.497 e. The van der Waals surface area contributed by atoms with Crippen molar-refractivity contribution in [3.05, 3.63) is 23.8 Å². The first-order valence-electron chi connectivity index (χ1n) is 6.66. The summed E-state index contributed by atoms with van der Waals surface area (Å²) in [6.07, 6.45) is 0.429. The molecule has 6 heteroatoms. The molecule has 0 bridgehead atoms. The van der Waals surface area contributed by atoms with Crippen LogP contribution in [-0.2, 0) is 16.1 Å². The molecule has 0 unspecified atom stereocenters. The molecule has 21 heavy (non-hydrogen) atoms. The number of carbonyl (C=O) groups excluding carboxylic acids is 1. The van der Waals surface area contributed by atoms with Gasteiger partial charge in [-0.25, -0.2) is 0 Å². The molecule has 2 atom stereocenters. The Hall–Kier alpha value is -2.24. The lowest BCUT2D eigenvalue weighted by atomic mass is 10.1. The first kappa shape index (κ1) is 15.2. The fourth-order valence-electron chi connectivity index (χ4n) is 2.34. The molecular formula is C15H19NO5. The van der Waals surface area contributed by atoms with Crippen LogP contribution < -0.4 is 9.47 Å². The fraction of sp³-hybridized carbons (Fsp3) is 0.467. The highest BCUT2D eigenvalue weighted by atomic mass is 16.5. The van der Waals surface area contributed by atoms with Crippen LogP contribution in [0.1, 0.15) is 12.0 Å². The highest BCUT2D eigenvalue weighted by Gasteiger charge is 2.49. The molecule has 114 valence electrons. The van der Waals surface area contributed by atoms with Crippen molar-refractivity contribution in [3.8, 4) is 11.5 Å². The Labute approximate surface area is 123 Å². The zero-order valence-corrected chi connectivity index (χ0v) is 12.3. The standard InChI is InChI=1S/C15H19NO5/c1-16(14(17)11-7-12(11)15(18)19)8-9-4-5-10(20-2)6-13(9)21-3/h4-6,11-12H,7-8H2,1-3H3,(H,18,19)/t11-,12-/m1/s1. The van der Waals surface area contributed by atoms with E-state index in [-0.39, 0.29) is 5.91 Å². The fourth-order valence-corrected chi connectivity index (χ4v) is 2.34. The minimum absolute atomic E-state index is 0.139. The third kappa shape index (κ3) is 3.26. The molecule has 2 rings (SSSR count). The first-order valence-corrected chi connectivity index (χ1v) is 6.66. The molecule has 1 aliphatic carbocycles. The summed E-state index contributed by atoms with van der Waals surface area (Å²) >= 11 is 0. The van der Waals surface area contributed by atoms with E-state index in [1.165, 1.54) is 4.90 Å². The number of carboxylic acids is 1. The lowest BCUT2D eigenvalue weighted by Gasteiger charge is -2.19. The van der Waals surface area contributed by atoms with E-state index in [0.29, 0.717) is 24.5 Å². The monoisotopic (exact) mass is 293 g/mol. The third-order valence-corrected chi connectivity index (χ3v) is 3.70. The second-order valence-corrected chi connectivity index (χ2v) is 5.16. The van der Waals surface area contributed by atoms with Crippen LogP contribution in [0.4, 0.5) is 0 Å².